The summed E-state index contributed by atoms with van der Waals surface area (Å²) in [6, 6.07) is 2.41. The molecule has 0 aromatic heterocycles. The molecule has 1 N–H and O–H groups in total. The Hall–Kier alpha value is -0.590. The number of nitriles is 1. The lowest BCUT2D eigenvalue weighted by Crippen LogP contribution is -2.50. The van der Waals surface area contributed by atoms with Gasteiger partial charge in [-0.25, -0.2) is 0 Å². The maximum atomic E-state index is 9.28. The first kappa shape index (κ1) is 16.4. The molecule has 0 rings (SSSR count). The van der Waals surface area contributed by atoms with E-state index >= 15 is 0 Å². The van der Waals surface area contributed by atoms with E-state index in [0.29, 0.717) is 0 Å². The number of nitrogens with zero attached hydrogens (tertiary/aromatic N) is 2. The van der Waals surface area contributed by atoms with Crippen LogP contribution in [0.5, 0.6) is 0 Å². The third-order valence-electron chi connectivity index (χ3n) is 3.01. The highest BCUT2D eigenvalue weighted by Gasteiger charge is 2.25. The largest absolute Gasteiger partial charge is 0.300 e. The van der Waals surface area contributed by atoms with E-state index in [4.69, 9.17) is 0 Å². The summed E-state index contributed by atoms with van der Waals surface area (Å²) in [5.41, 5.74) is -0.407. The van der Waals surface area contributed by atoms with E-state index in [2.05, 4.69) is 37.1 Å². The predicted molar refractivity (Wildman–Crippen MR) is 74.0 cm³/mol. The van der Waals surface area contributed by atoms with Crippen molar-refractivity contribution in [2.24, 2.45) is 0 Å². The predicted octanol–water partition coefficient (Wildman–Crippen LogP) is 2.78. The number of hydrogen-bond acceptors (Lipinski definition) is 3. The molecule has 100 valence electrons. The Bertz CT molecular complexity index is 214. The van der Waals surface area contributed by atoms with Crippen LogP contribution in [0.4, 0.5) is 0 Å². The molecule has 0 fully saturated rings. The maximum Gasteiger partial charge on any atom is 0.116 e. The lowest BCUT2D eigenvalue weighted by molar-refractivity contribution is 0.215. The van der Waals surface area contributed by atoms with Crippen molar-refractivity contribution in [2.75, 3.05) is 26.2 Å². The van der Waals surface area contributed by atoms with Crippen molar-refractivity contribution in [1.82, 2.24) is 10.2 Å². The fourth-order valence-electron chi connectivity index (χ4n) is 2.00. The van der Waals surface area contributed by atoms with Crippen molar-refractivity contribution in [1.29, 1.82) is 5.26 Å². The summed E-state index contributed by atoms with van der Waals surface area (Å²) < 4.78 is 0. The maximum absolute atomic E-state index is 9.28. The molecule has 0 spiro atoms. The molecule has 1 unspecified atom stereocenters. The zero-order valence-corrected chi connectivity index (χ0v) is 12.1. The fourth-order valence-corrected chi connectivity index (χ4v) is 2.00. The quantitative estimate of drug-likeness (QED) is 0.637. The molecule has 0 aliphatic heterocycles. The molecule has 0 heterocycles. The van der Waals surface area contributed by atoms with Gasteiger partial charge >= 0.3 is 0 Å². The molecule has 0 aliphatic rings. The first-order valence-electron chi connectivity index (χ1n) is 7.00. The molecule has 3 heteroatoms. The Balaban J connectivity index is 4.31. The highest BCUT2D eigenvalue weighted by atomic mass is 15.2. The van der Waals surface area contributed by atoms with Crippen LogP contribution in [-0.2, 0) is 0 Å². The Labute approximate surface area is 107 Å². The van der Waals surface area contributed by atoms with Crippen molar-refractivity contribution in [2.45, 2.75) is 58.9 Å². The second-order valence-electron chi connectivity index (χ2n) is 4.96. The van der Waals surface area contributed by atoms with Crippen molar-refractivity contribution in [3.8, 4) is 6.07 Å². The van der Waals surface area contributed by atoms with Crippen LogP contribution in [-0.4, -0.2) is 36.6 Å². The van der Waals surface area contributed by atoms with Crippen LogP contribution in [0, 0.1) is 11.3 Å². The summed E-state index contributed by atoms with van der Waals surface area (Å²) in [5, 5.41) is 12.6. The van der Waals surface area contributed by atoms with Gasteiger partial charge in [0.05, 0.1) is 6.07 Å². The van der Waals surface area contributed by atoms with Gasteiger partial charge in [0, 0.05) is 6.54 Å². The van der Waals surface area contributed by atoms with Gasteiger partial charge in [0.2, 0.25) is 0 Å². The first-order chi connectivity index (χ1) is 8.11. The third-order valence-corrected chi connectivity index (χ3v) is 3.01. The summed E-state index contributed by atoms with van der Waals surface area (Å²) in [6.45, 7) is 12.4. The molecular weight excluding hydrogens is 210 g/mol. The molecule has 0 amide bonds. The van der Waals surface area contributed by atoms with Gasteiger partial charge in [-0.2, -0.15) is 5.26 Å². The number of nitrogens with one attached hydrogen (secondary N) is 1. The molecule has 3 nitrogen and oxygen atoms in total. The Kier molecular flexibility index (Phi) is 9.11. The van der Waals surface area contributed by atoms with E-state index in [1.165, 1.54) is 25.7 Å². The summed E-state index contributed by atoms with van der Waals surface area (Å²) in [4.78, 5) is 2.43. The van der Waals surface area contributed by atoms with E-state index in [9.17, 15) is 5.26 Å². The van der Waals surface area contributed by atoms with Gasteiger partial charge < -0.3 is 4.90 Å². The molecule has 0 aliphatic carbocycles. The van der Waals surface area contributed by atoms with E-state index in [0.717, 1.165) is 26.2 Å². The van der Waals surface area contributed by atoms with Crippen LogP contribution in [0.25, 0.3) is 0 Å². The highest BCUT2D eigenvalue weighted by Crippen LogP contribution is 2.08. The molecule has 1 atom stereocenters. The molecule has 0 saturated heterocycles. The minimum Gasteiger partial charge on any atom is -0.300 e. The Morgan fingerprint density at radius 2 is 1.65 bits per heavy atom. The number of hydrogen-bond donors (Lipinski definition) is 1. The zero-order chi connectivity index (χ0) is 13.1. The van der Waals surface area contributed by atoms with Gasteiger partial charge in [0.25, 0.3) is 0 Å². The average molecular weight is 239 g/mol. The molecule has 0 saturated carbocycles. The van der Waals surface area contributed by atoms with Crippen molar-refractivity contribution < 1.29 is 0 Å². The Morgan fingerprint density at radius 3 is 2.00 bits per heavy atom. The smallest absolute Gasteiger partial charge is 0.116 e. The van der Waals surface area contributed by atoms with Crippen LogP contribution in [0.1, 0.15) is 53.4 Å². The number of likely N-dealkylation sites (N-methyl/N-ethyl adjacent to an activating group) is 1. The fraction of sp³-hybridized carbons (Fsp3) is 0.929. The topological polar surface area (TPSA) is 39.1 Å². The van der Waals surface area contributed by atoms with Crippen LogP contribution < -0.4 is 5.32 Å². The molecule has 0 aromatic rings. The van der Waals surface area contributed by atoms with Gasteiger partial charge in [-0.05, 0) is 39.4 Å². The van der Waals surface area contributed by atoms with E-state index in [1.54, 1.807) is 0 Å². The summed E-state index contributed by atoms with van der Waals surface area (Å²) >= 11 is 0. The molecular formula is C14H29N3. The van der Waals surface area contributed by atoms with E-state index in [1.807, 2.05) is 6.92 Å². The van der Waals surface area contributed by atoms with Crippen LogP contribution in [0.15, 0.2) is 0 Å². The van der Waals surface area contributed by atoms with Gasteiger partial charge in [-0.1, -0.05) is 33.6 Å². The standard InChI is InChI=1S/C14H29N3/c1-5-8-10-17(11-9-6-2)13-14(4,12-15)16-7-3/h16H,5-11,13H2,1-4H3. The normalized spacial score (nSPS) is 14.6. The minimum atomic E-state index is -0.407. The summed E-state index contributed by atoms with van der Waals surface area (Å²) in [5.74, 6) is 0. The van der Waals surface area contributed by atoms with Gasteiger partial charge in [0.1, 0.15) is 5.54 Å². The molecule has 0 bridgehead atoms. The first-order valence-corrected chi connectivity index (χ1v) is 7.00. The van der Waals surface area contributed by atoms with Gasteiger partial charge in [0.15, 0.2) is 0 Å². The van der Waals surface area contributed by atoms with E-state index in [-0.39, 0.29) is 0 Å². The lowest BCUT2D eigenvalue weighted by atomic mass is 10.0. The lowest BCUT2D eigenvalue weighted by Gasteiger charge is -2.31. The molecule has 0 aromatic carbocycles. The second-order valence-corrected chi connectivity index (χ2v) is 4.96. The van der Waals surface area contributed by atoms with E-state index < -0.39 is 5.54 Å². The third kappa shape index (κ3) is 7.36. The molecule has 0 radical (unpaired) electrons. The van der Waals surface area contributed by atoms with Gasteiger partial charge in [-0.3, -0.25) is 5.32 Å². The monoisotopic (exact) mass is 239 g/mol. The summed E-state index contributed by atoms with van der Waals surface area (Å²) in [6.07, 6.45) is 4.87. The van der Waals surface area contributed by atoms with Gasteiger partial charge in [-0.15, -0.1) is 0 Å². The van der Waals surface area contributed by atoms with Crippen molar-refractivity contribution in [3.63, 3.8) is 0 Å². The SMILES string of the molecule is CCCCN(CCCC)CC(C)(C#N)NCC. The molecule has 17 heavy (non-hydrogen) atoms. The summed E-state index contributed by atoms with van der Waals surface area (Å²) in [7, 11) is 0. The number of unbranched alkanes of at least 4 members (excludes halogenated alkanes) is 2. The number of rotatable bonds is 10. The van der Waals surface area contributed by atoms with Crippen molar-refractivity contribution >= 4 is 0 Å². The minimum absolute atomic E-state index is 0.407. The van der Waals surface area contributed by atoms with Crippen molar-refractivity contribution in [3.05, 3.63) is 0 Å². The zero-order valence-electron chi connectivity index (χ0n) is 12.1. The highest BCUT2D eigenvalue weighted by molar-refractivity contribution is 5.05. The van der Waals surface area contributed by atoms with Crippen LogP contribution in [0.2, 0.25) is 0 Å². The van der Waals surface area contributed by atoms with Crippen LogP contribution in [0.3, 0.4) is 0 Å². The Morgan fingerprint density at radius 1 is 1.12 bits per heavy atom. The second kappa shape index (κ2) is 9.44. The average Bonchev–Trinajstić information content (AvgIpc) is 2.33. The van der Waals surface area contributed by atoms with Crippen LogP contribution >= 0.6 is 0 Å².